The highest BCUT2D eigenvalue weighted by Gasteiger charge is 2.15. The molecule has 2 aromatic carbocycles. The van der Waals surface area contributed by atoms with Crippen molar-refractivity contribution in [1.29, 1.82) is 0 Å². The molecule has 0 aliphatic heterocycles. The Hall–Kier alpha value is -1.58. The molecule has 0 amide bonds. The first-order chi connectivity index (χ1) is 9.08. The van der Waals surface area contributed by atoms with Gasteiger partial charge in [0, 0.05) is 21.0 Å². The van der Waals surface area contributed by atoms with Crippen LogP contribution in [0.5, 0.6) is 0 Å². The molecule has 2 aromatic rings. The van der Waals surface area contributed by atoms with E-state index in [2.05, 4.69) is 12.6 Å². The summed E-state index contributed by atoms with van der Waals surface area (Å²) in [6, 6.07) is 13.5. The van der Waals surface area contributed by atoms with Crippen molar-refractivity contribution in [3.8, 4) is 0 Å². The predicted molar refractivity (Wildman–Crippen MR) is 78.4 cm³/mol. The molecule has 0 aliphatic rings. The van der Waals surface area contributed by atoms with E-state index in [9.17, 15) is 9.59 Å². The van der Waals surface area contributed by atoms with E-state index in [1.165, 1.54) is 0 Å². The number of benzene rings is 2. The third kappa shape index (κ3) is 3.46. The second kappa shape index (κ2) is 6.04. The van der Waals surface area contributed by atoms with Gasteiger partial charge in [0.1, 0.15) is 0 Å². The highest BCUT2D eigenvalue weighted by atomic mass is 35.5. The SMILES string of the molecule is O=C(CC(=O)c1ccccc1S)c1cccc(Cl)c1. The summed E-state index contributed by atoms with van der Waals surface area (Å²) in [7, 11) is 0. The first kappa shape index (κ1) is 13.8. The molecule has 0 saturated heterocycles. The standard InChI is InChI=1S/C15H11ClO2S/c16-11-5-3-4-10(8-11)13(17)9-14(18)12-6-1-2-7-15(12)19/h1-8,19H,9H2. The second-order valence-corrected chi connectivity index (χ2v) is 4.97. The Morgan fingerprint density at radius 3 is 2.42 bits per heavy atom. The van der Waals surface area contributed by atoms with Crippen LogP contribution in [0.25, 0.3) is 0 Å². The van der Waals surface area contributed by atoms with E-state index >= 15 is 0 Å². The fourth-order valence-corrected chi connectivity index (χ4v) is 2.19. The quantitative estimate of drug-likeness (QED) is 0.523. The number of rotatable bonds is 4. The molecule has 19 heavy (non-hydrogen) atoms. The summed E-state index contributed by atoms with van der Waals surface area (Å²) in [4.78, 5) is 24.6. The average molecular weight is 291 g/mol. The lowest BCUT2D eigenvalue weighted by molar-refractivity contribution is 0.0892. The maximum Gasteiger partial charge on any atom is 0.171 e. The summed E-state index contributed by atoms with van der Waals surface area (Å²) in [6.07, 6.45) is -0.183. The van der Waals surface area contributed by atoms with Gasteiger partial charge in [0.25, 0.3) is 0 Å². The zero-order valence-corrected chi connectivity index (χ0v) is 11.6. The number of halogens is 1. The normalized spacial score (nSPS) is 10.2. The lowest BCUT2D eigenvalue weighted by Gasteiger charge is -2.04. The predicted octanol–water partition coefficient (Wildman–Crippen LogP) is 4.08. The minimum atomic E-state index is -0.246. The largest absolute Gasteiger partial charge is 0.294 e. The molecule has 0 fully saturated rings. The van der Waals surface area contributed by atoms with Gasteiger partial charge in [-0.15, -0.1) is 12.6 Å². The zero-order chi connectivity index (χ0) is 13.8. The number of hydrogen-bond acceptors (Lipinski definition) is 3. The van der Waals surface area contributed by atoms with Crippen LogP contribution >= 0.6 is 24.2 Å². The number of carbonyl (C=O) groups is 2. The average Bonchev–Trinajstić information content (AvgIpc) is 2.39. The third-order valence-electron chi connectivity index (χ3n) is 2.67. The van der Waals surface area contributed by atoms with Crippen molar-refractivity contribution in [2.45, 2.75) is 11.3 Å². The minimum absolute atomic E-state index is 0.183. The second-order valence-electron chi connectivity index (χ2n) is 4.05. The summed E-state index contributed by atoms with van der Waals surface area (Å²) < 4.78 is 0. The van der Waals surface area contributed by atoms with Gasteiger partial charge < -0.3 is 0 Å². The van der Waals surface area contributed by atoms with Gasteiger partial charge in [0.05, 0.1) is 6.42 Å². The van der Waals surface area contributed by atoms with E-state index in [1.54, 1.807) is 48.5 Å². The van der Waals surface area contributed by atoms with Crippen molar-refractivity contribution in [3.05, 3.63) is 64.7 Å². The van der Waals surface area contributed by atoms with E-state index in [0.29, 0.717) is 21.0 Å². The van der Waals surface area contributed by atoms with Crippen LogP contribution in [0.1, 0.15) is 27.1 Å². The molecule has 0 unspecified atom stereocenters. The Labute approximate surface area is 121 Å². The van der Waals surface area contributed by atoms with Crippen LogP contribution in [0.15, 0.2) is 53.4 Å². The van der Waals surface area contributed by atoms with Crippen molar-refractivity contribution >= 4 is 35.8 Å². The maximum absolute atomic E-state index is 12.0. The fourth-order valence-electron chi connectivity index (χ4n) is 1.71. The molecular formula is C15H11ClO2S. The molecule has 0 saturated carbocycles. The Balaban J connectivity index is 2.16. The Morgan fingerprint density at radius 2 is 1.74 bits per heavy atom. The topological polar surface area (TPSA) is 34.1 Å². The lowest BCUT2D eigenvalue weighted by atomic mass is 10.0. The van der Waals surface area contributed by atoms with Gasteiger partial charge in [-0.3, -0.25) is 9.59 Å². The number of hydrogen-bond donors (Lipinski definition) is 1. The van der Waals surface area contributed by atoms with Crippen LogP contribution in [-0.4, -0.2) is 11.6 Å². The molecule has 0 N–H and O–H groups in total. The molecule has 0 spiro atoms. The molecule has 96 valence electrons. The zero-order valence-electron chi connectivity index (χ0n) is 9.97. The first-order valence-corrected chi connectivity index (χ1v) is 6.50. The number of carbonyl (C=O) groups excluding carboxylic acids is 2. The van der Waals surface area contributed by atoms with Crippen molar-refractivity contribution in [2.24, 2.45) is 0 Å². The van der Waals surface area contributed by atoms with Crippen molar-refractivity contribution in [1.82, 2.24) is 0 Å². The van der Waals surface area contributed by atoms with Gasteiger partial charge in [-0.1, -0.05) is 41.9 Å². The molecular weight excluding hydrogens is 280 g/mol. The molecule has 0 atom stereocenters. The van der Waals surface area contributed by atoms with Crippen LogP contribution in [0.4, 0.5) is 0 Å². The summed E-state index contributed by atoms with van der Waals surface area (Å²) >= 11 is 10.0. The van der Waals surface area contributed by atoms with E-state index in [-0.39, 0.29) is 18.0 Å². The molecule has 2 rings (SSSR count). The van der Waals surface area contributed by atoms with Crippen LogP contribution in [0.3, 0.4) is 0 Å². The number of Topliss-reactive ketones (excluding diaryl/α,β-unsaturated/α-hetero) is 2. The number of thiol groups is 1. The van der Waals surface area contributed by atoms with Gasteiger partial charge in [0.2, 0.25) is 0 Å². The molecule has 0 radical (unpaired) electrons. The Morgan fingerprint density at radius 1 is 1.00 bits per heavy atom. The Bertz CT molecular complexity index is 638. The smallest absolute Gasteiger partial charge is 0.171 e. The fraction of sp³-hybridized carbons (Fsp3) is 0.0667. The summed E-state index contributed by atoms with van der Waals surface area (Å²) in [6.45, 7) is 0. The van der Waals surface area contributed by atoms with Gasteiger partial charge in [0.15, 0.2) is 11.6 Å². The molecule has 2 nitrogen and oxygen atoms in total. The van der Waals surface area contributed by atoms with E-state index in [4.69, 9.17) is 11.6 Å². The van der Waals surface area contributed by atoms with Crippen LogP contribution in [0, 0.1) is 0 Å². The maximum atomic E-state index is 12.0. The van der Waals surface area contributed by atoms with Crippen molar-refractivity contribution < 1.29 is 9.59 Å². The summed E-state index contributed by atoms with van der Waals surface area (Å²) in [5.74, 6) is -0.486. The highest BCUT2D eigenvalue weighted by Crippen LogP contribution is 2.17. The Kier molecular flexibility index (Phi) is 4.40. The highest BCUT2D eigenvalue weighted by molar-refractivity contribution is 7.80. The van der Waals surface area contributed by atoms with Gasteiger partial charge >= 0.3 is 0 Å². The van der Waals surface area contributed by atoms with Crippen LogP contribution < -0.4 is 0 Å². The van der Waals surface area contributed by atoms with E-state index in [0.717, 1.165) is 0 Å². The summed E-state index contributed by atoms with van der Waals surface area (Å²) in [5.41, 5.74) is 0.902. The molecule has 0 bridgehead atoms. The molecule has 0 aromatic heterocycles. The molecule has 0 heterocycles. The van der Waals surface area contributed by atoms with E-state index < -0.39 is 0 Å². The van der Waals surface area contributed by atoms with Crippen molar-refractivity contribution in [2.75, 3.05) is 0 Å². The van der Waals surface area contributed by atoms with Gasteiger partial charge in [-0.05, 0) is 18.2 Å². The molecule has 4 heteroatoms. The molecule has 0 aliphatic carbocycles. The first-order valence-electron chi connectivity index (χ1n) is 5.68. The van der Waals surface area contributed by atoms with Crippen LogP contribution in [-0.2, 0) is 0 Å². The monoisotopic (exact) mass is 290 g/mol. The lowest BCUT2D eigenvalue weighted by Crippen LogP contribution is -2.09. The van der Waals surface area contributed by atoms with Gasteiger partial charge in [-0.25, -0.2) is 0 Å². The van der Waals surface area contributed by atoms with Crippen LogP contribution in [0.2, 0.25) is 5.02 Å². The van der Waals surface area contributed by atoms with Gasteiger partial charge in [-0.2, -0.15) is 0 Å². The third-order valence-corrected chi connectivity index (χ3v) is 3.30. The van der Waals surface area contributed by atoms with E-state index in [1.807, 2.05) is 0 Å². The summed E-state index contributed by atoms with van der Waals surface area (Å²) in [5, 5.41) is 0.480. The number of ketones is 2. The van der Waals surface area contributed by atoms with Crippen molar-refractivity contribution in [3.63, 3.8) is 0 Å². The minimum Gasteiger partial charge on any atom is -0.294 e.